The Kier molecular flexibility index (Phi) is 6.12. The first-order chi connectivity index (χ1) is 14.8. The van der Waals surface area contributed by atoms with Gasteiger partial charge < -0.3 is 9.80 Å². The molecule has 0 radical (unpaired) electrons. The highest BCUT2D eigenvalue weighted by Crippen LogP contribution is 2.29. The van der Waals surface area contributed by atoms with E-state index in [1.807, 2.05) is 10.3 Å². The summed E-state index contributed by atoms with van der Waals surface area (Å²) in [4.78, 5) is 38.4. The minimum absolute atomic E-state index is 0.0492. The number of nitrogens with zero attached hydrogens (tertiary/aromatic N) is 5. The van der Waals surface area contributed by atoms with Crippen LogP contribution in [0.4, 0.5) is 24.1 Å². The summed E-state index contributed by atoms with van der Waals surface area (Å²) in [5.74, 6) is 0.491. The van der Waals surface area contributed by atoms with Gasteiger partial charge in [0.15, 0.2) is 5.13 Å². The fraction of sp³-hybridized carbons (Fsp3) is 0.500. The van der Waals surface area contributed by atoms with Gasteiger partial charge >= 0.3 is 6.18 Å². The van der Waals surface area contributed by atoms with E-state index in [2.05, 4.69) is 9.97 Å². The third-order valence-corrected chi connectivity index (χ3v) is 6.34. The number of halogens is 3. The van der Waals surface area contributed by atoms with E-state index in [4.69, 9.17) is 0 Å². The molecule has 31 heavy (non-hydrogen) atoms. The number of rotatable bonds is 4. The van der Waals surface area contributed by atoms with Crippen molar-refractivity contribution in [2.75, 3.05) is 42.5 Å². The van der Waals surface area contributed by atoms with E-state index in [9.17, 15) is 22.8 Å². The number of carbonyl (C=O) groups excluding carboxylic acids is 2. The zero-order valence-corrected chi connectivity index (χ0v) is 17.6. The van der Waals surface area contributed by atoms with Crippen molar-refractivity contribution in [1.82, 2.24) is 14.9 Å². The van der Waals surface area contributed by atoms with Crippen molar-refractivity contribution >= 4 is 34.1 Å². The van der Waals surface area contributed by atoms with Crippen LogP contribution in [-0.2, 0) is 22.2 Å². The summed E-state index contributed by atoms with van der Waals surface area (Å²) in [6, 6.07) is 2.40. The lowest BCUT2D eigenvalue weighted by Gasteiger charge is -2.23. The number of anilines is 2. The van der Waals surface area contributed by atoms with Gasteiger partial charge in [-0.05, 0) is 25.0 Å². The maximum absolute atomic E-state index is 12.8. The molecule has 0 N–H and O–H groups in total. The number of hydrogen-bond donors (Lipinski definition) is 0. The van der Waals surface area contributed by atoms with Crippen LogP contribution in [-0.4, -0.2) is 59.4 Å². The van der Waals surface area contributed by atoms with Gasteiger partial charge in [0.25, 0.3) is 0 Å². The molecule has 0 aliphatic carbocycles. The van der Waals surface area contributed by atoms with Crippen molar-refractivity contribution in [2.45, 2.75) is 31.9 Å². The van der Waals surface area contributed by atoms with E-state index in [0.29, 0.717) is 62.2 Å². The van der Waals surface area contributed by atoms with Crippen LogP contribution in [0, 0.1) is 0 Å². The molecule has 2 fully saturated rings. The second-order valence-corrected chi connectivity index (χ2v) is 8.41. The van der Waals surface area contributed by atoms with Crippen LogP contribution < -0.4 is 9.80 Å². The van der Waals surface area contributed by atoms with Crippen molar-refractivity contribution in [3.05, 3.63) is 35.0 Å². The summed E-state index contributed by atoms with van der Waals surface area (Å²) in [6.07, 6.45) is -1.36. The highest BCUT2D eigenvalue weighted by atomic mass is 32.1. The van der Waals surface area contributed by atoms with Crippen LogP contribution in [0.3, 0.4) is 0 Å². The molecule has 166 valence electrons. The standard InChI is InChI=1S/C20H22F3N5O2S/c21-20(22,23)14-4-5-16(24-12-14)26-6-2-7-27(10-9-26)18(30)11-15-13-31-19(25-15)28-8-1-3-17(28)29/h4-5,12-13H,1-3,6-11H2. The second kappa shape index (κ2) is 8.81. The Hall–Kier alpha value is -2.69. The summed E-state index contributed by atoms with van der Waals surface area (Å²) < 4.78 is 38.2. The normalized spacial score (nSPS) is 17.9. The number of carbonyl (C=O) groups is 2. The Bertz CT molecular complexity index is 947. The van der Waals surface area contributed by atoms with E-state index < -0.39 is 11.7 Å². The average Bonchev–Trinajstić information content (AvgIpc) is 3.28. The molecule has 0 atom stereocenters. The molecule has 4 heterocycles. The predicted octanol–water partition coefficient (Wildman–Crippen LogP) is 2.97. The zero-order chi connectivity index (χ0) is 22.0. The van der Waals surface area contributed by atoms with Crippen LogP contribution in [0.15, 0.2) is 23.7 Å². The molecule has 2 aliphatic rings. The molecule has 0 bridgehead atoms. The largest absolute Gasteiger partial charge is 0.417 e. The number of aromatic nitrogens is 2. The van der Waals surface area contributed by atoms with Gasteiger partial charge in [-0.15, -0.1) is 11.3 Å². The van der Waals surface area contributed by atoms with E-state index >= 15 is 0 Å². The van der Waals surface area contributed by atoms with Crippen LogP contribution in [0.1, 0.15) is 30.5 Å². The maximum Gasteiger partial charge on any atom is 0.417 e. The van der Waals surface area contributed by atoms with Gasteiger partial charge in [-0.2, -0.15) is 13.2 Å². The Morgan fingerprint density at radius 3 is 2.61 bits per heavy atom. The molecule has 0 saturated carbocycles. The quantitative estimate of drug-likeness (QED) is 0.712. The van der Waals surface area contributed by atoms with Gasteiger partial charge in [0.2, 0.25) is 11.8 Å². The number of alkyl halides is 3. The molecule has 0 aromatic carbocycles. The maximum atomic E-state index is 12.8. The van der Waals surface area contributed by atoms with Gasteiger partial charge in [0.1, 0.15) is 5.82 Å². The van der Waals surface area contributed by atoms with E-state index in [1.54, 1.807) is 9.80 Å². The molecular formula is C20H22F3N5O2S. The highest BCUT2D eigenvalue weighted by Gasteiger charge is 2.31. The minimum atomic E-state index is -4.41. The molecule has 2 aliphatic heterocycles. The third kappa shape index (κ3) is 4.97. The van der Waals surface area contributed by atoms with Crippen LogP contribution in [0.25, 0.3) is 0 Å². The Morgan fingerprint density at radius 1 is 1.10 bits per heavy atom. The topological polar surface area (TPSA) is 69.6 Å². The first kappa shape index (κ1) is 21.5. The summed E-state index contributed by atoms with van der Waals surface area (Å²) >= 11 is 1.37. The van der Waals surface area contributed by atoms with Gasteiger partial charge in [-0.25, -0.2) is 9.97 Å². The molecule has 2 aromatic rings. The molecule has 2 saturated heterocycles. The van der Waals surface area contributed by atoms with Crippen molar-refractivity contribution in [1.29, 1.82) is 0 Å². The smallest absolute Gasteiger partial charge is 0.355 e. The Morgan fingerprint density at radius 2 is 1.94 bits per heavy atom. The third-order valence-electron chi connectivity index (χ3n) is 5.42. The molecule has 11 heteroatoms. The Labute approximate surface area is 181 Å². The average molecular weight is 453 g/mol. The molecular weight excluding hydrogens is 431 g/mol. The number of hydrogen-bond acceptors (Lipinski definition) is 6. The van der Waals surface area contributed by atoms with E-state index in [1.165, 1.54) is 17.4 Å². The summed E-state index contributed by atoms with van der Waals surface area (Å²) in [5.41, 5.74) is -0.128. The number of amides is 2. The van der Waals surface area contributed by atoms with Crippen LogP contribution in [0.5, 0.6) is 0 Å². The summed E-state index contributed by atoms with van der Waals surface area (Å²) in [5, 5.41) is 2.45. The lowest BCUT2D eigenvalue weighted by molar-refractivity contribution is -0.137. The van der Waals surface area contributed by atoms with Gasteiger partial charge in [0, 0.05) is 50.7 Å². The first-order valence-corrected chi connectivity index (χ1v) is 11.0. The van der Waals surface area contributed by atoms with E-state index in [0.717, 1.165) is 18.7 Å². The van der Waals surface area contributed by atoms with Gasteiger partial charge in [-0.3, -0.25) is 14.5 Å². The SMILES string of the molecule is O=C(Cc1csc(N2CCCC2=O)n1)N1CCCN(c2ccc(C(F)(F)F)cn2)CC1. The summed E-state index contributed by atoms with van der Waals surface area (Å²) in [6.45, 7) is 2.80. The number of thiazole rings is 1. The lowest BCUT2D eigenvalue weighted by Crippen LogP contribution is -2.36. The molecule has 2 aromatic heterocycles. The van der Waals surface area contributed by atoms with E-state index in [-0.39, 0.29) is 18.2 Å². The fourth-order valence-electron chi connectivity index (χ4n) is 3.76. The summed E-state index contributed by atoms with van der Waals surface area (Å²) in [7, 11) is 0. The lowest BCUT2D eigenvalue weighted by atomic mass is 10.2. The Balaban J connectivity index is 1.34. The van der Waals surface area contributed by atoms with Gasteiger partial charge in [0.05, 0.1) is 17.7 Å². The van der Waals surface area contributed by atoms with Crippen molar-refractivity contribution in [3.8, 4) is 0 Å². The molecule has 0 unspecified atom stereocenters. The highest BCUT2D eigenvalue weighted by molar-refractivity contribution is 7.14. The van der Waals surface area contributed by atoms with Crippen LogP contribution >= 0.6 is 11.3 Å². The zero-order valence-electron chi connectivity index (χ0n) is 16.8. The molecule has 0 spiro atoms. The molecule has 7 nitrogen and oxygen atoms in total. The van der Waals surface area contributed by atoms with Crippen molar-refractivity contribution < 1.29 is 22.8 Å². The number of pyridine rings is 1. The first-order valence-electron chi connectivity index (χ1n) is 10.1. The molecule has 4 rings (SSSR count). The van der Waals surface area contributed by atoms with Gasteiger partial charge in [-0.1, -0.05) is 0 Å². The second-order valence-electron chi connectivity index (χ2n) is 7.57. The minimum Gasteiger partial charge on any atom is -0.355 e. The predicted molar refractivity (Wildman–Crippen MR) is 110 cm³/mol. The monoisotopic (exact) mass is 453 g/mol. The van der Waals surface area contributed by atoms with Crippen molar-refractivity contribution in [3.63, 3.8) is 0 Å². The molecule has 2 amide bonds. The van der Waals surface area contributed by atoms with Crippen molar-refractivity contribution in [2.24, 2.45) is 0 Å². The van der Waals surface area contributed by atoms with Crippen LogP contribution in [0.2, 0.25) is 0 Å². The fourth-order valence-corrected chi connectivity index (χ4v) is 4.62.